The van der Waals surface area contributed by atoms with Crippen LogP contribution in [0.15, 0.2) is 18.2 Å². The second-order valence-electron chi connectivity index (χ2n) is 6.93. The van der Waals surface area contributed by atoms with Crippen molar-refractivity contribution in [3.8, 4) is 5.75 Å². The molecule has 1 aliphatic rings. The predicted molar refractivity (Wildman–Crippen MR) is 98.9 cm³/mol. The van der Waals surface area contributed by atoms with Crippen molar-refractivity contribution in [1.29, 1.82) is 0 Å². The van der Waals surface area contributed by atoms with Gasteiger partial charge in [0.1, 0.15) is 12.4 Å². The molecule has 5 heteroatoms. The molecule has 2 aromatic rings. The average Bonchev–Trinajstić information content (AvgIpc) is 3.18. The highest BCUT2D eigenvalue weighted by Crippen LogP contribution is 2.22. The van der Waals surface area contributed by atoms with Crippen LogP contribution < -0.4 is 10.1 Å². The van der Waals surface area contributed by atoms with Crippen LogP contribution in [0.3, 0.4) is 0 Å². The SMILES string of the molecule is Cc1ccc(CNCc2c(C)nn(C)c2C)c(OC[C@@H]2CCCO2)c1. The number of rotatable bonds is 7. The fourth-order valence-electron chi connectivity index (χ4n) is 3.30. The molecular weight excluding hydrogens is 314 g/mol. The van der Waals surface area contributed by atoms with Crippen LogP contribution in [-0.4, -0.2) is 29.1 Å². The van der Waals surface area contributed by atoms with Gasteiger partial charge < -0.3 is 14.8 Å². The van der Waals surface area contributed by atoms with E-state index in [1.165, 1.54) is 22.4 Å². The molecule has 0 saturated carbocycles. The van der Waals surface area contributed by atoms with Crippen LogP contribution in [0.4, 0.5) is 0 Å². The second kappa shape index (κ2) is 8.02. The van der Waals surface area contributed by atoms with Crippen LogP contribution >= 0.6 is 0 Å². The molecule has 136 valence electrons. The van der Waals surface area contributed by atoms with Crippen molar-refractivity contribution in [1.82, 2.24) is 15.1 Å². The van der Waals surface area contributed by atoms with Gasteiger partial charge in [-0.25, -0.2) is 0 Å². The molecule has 0 radical (unpaired) electrons. The van der Waals surface area contributed by atoms with Crippen LogP contribution in [0.2, 0.25) is 0 Å². The summed E-state index contributed by atoms with van der Waals surface area (Å²) in [5.41, 5.74) is 5.97. The van der Waals surface area contributed by atoms with Crippen molar-refractivity contribution in [3.63, 3.8) is 0 Å². The van der Waals surface area contributed by atoms with Crippen LogP contribution in [0, 0.1) is 20.8 Å². The molecule has 0 bridgehead atoms. The molecule has 0 unspecified atom stereocenters. The van der Waals surface area contributed by atoms with Crippen molar-refractivity contribution >= 4 is 0 Å². The first-order valence-corrected chi connectivity index (χ1v) is 9.08. The summed E-state index contributed by atoms with van der Waals surface area (Å²) in [5.74, 6) is 0.961. The summed E-state index contributed by atoms with van der Waals surface area (Å²) in [6.07, 6.45) is 2.47. The van der Waals surface area contributed by atoms with Crippen LogP contribution in [0.1, 0.15) is 40.9 Å². The molecule has 1 saturated heterocycles. The van der Waals surface area contributed by atoms with E-state index in [0.29, 0.717) is 6.61 Å². The molecule has 5 nitrogen and oxygen atoms in total. The highest BCUT2D eigenvalue weighted by Gasteiger charge is 2.17. The molecule has 1 aliphatic heterocycles. The minimum atomic E-state index is 0.238. The van der Waals surface area contributed by atoms with Crippen molar-refractivity contribution in [3.05, 3.63) is 46.3 Å². The van der Waals surface area contributed by atoms with E-state index in [0.717, 1.165) is 44.0 Å². The Hall–Kier alpha value is -1.85. The number of ether oxygens (including phenoxy) is 2. The van der Waals surface area contributed by atoms with E-state index in [9.17, 15) is 0 Å². The molecule has 3 rings (SSSR count). The number of benzene rings is 1. The van der Waals surface area contributed by atoms with E-state index < -0.39 is 0 Å². The largest absolute Gasteiger partial charge is 0.491 e. The fraction of sp³-hybridized carbons (Fsp3) is 0.550. The third-order valence-electron chi connectivity index (χ3n) is 4.95. The maximum absolute atomic E-state index is 6.07. The van der Waals surface area contributed by atoms with Crippen molar-refractivity contribution < 1.29 is 9.47 Å². The summed E-state index contributed by atoms with van der Waals surface area (Å²) in [5, 5.41) is 8.01. The molecule has 1 N–H and O–H groups in total. The molecule has 1 aromatic heterocycles. The lowest BCUT2D eigenvalue weighted by atomic mass is 10.1. The van der Waals surface area contributed by atoms with E-state index in [1.807, 2.05) is 11.7 Å². The van der Waals surface area contributed by atoms with Gasteiger partial charge in [0.15, 0.2) is 0 Å². The number of aryl methyl sites for hydroxylation is 3. The first kappa shape index (κ1) is 18.0. The van der Waals surface area contributed by atoms with E-state index >= 15 is 0 Å². The summed E-state index contributed by atoms with van der Waals surface area (Å²) in [7, 11) is 1.99. The monoisotopic (exact) mass is 343 g/mol. The molecule has 25 heavy (non-hydrogen) atoms. The summed E-state index contributed by atoms with van der Waals surface area (Å²) in [6, 6.07) is 6.40. The molecule has 1 aromatic carbocycles. The first-order valence-electron chi connectivity index (χ1n) is 9.08. The summed E-state index contributed by atoms with van der Waals surface area (Å²) < 4.78 is 13.7. The average molecular weight is 343 g/mol. The fourth-order valence-corrected chi connectivity index (χ4v) is 3.30. The maximum Gasteiger partial charge on any atom is 0.124 e. The summed E-state index contributed by atoms with van der Waals surface area (Å²) in [4.78, 5) is 0. The third kappa shape index (κ3) is 4.41. The second-order valence-corrected chi connectivity index (χ2v) is 6.93. The van der Waals surface area contributed by atoms with E-state index in [1.54, 1.807) is 0 Å². The van der Waals surface area contributed by atoms with E-state index in [4.69, 9.17) is 9.47 Å². The van der Waals surface area contributed by atoms with Crippen molar-refractivity contribution in [2.24, 2.45) is 7.05 Å². The topological polar surface area (TPSA) is 48.3 Å². The van der Waals surface area contributed by atoms with Gasteiger partial charge in [0.25, 0.3) is 0 Å². The highest BCUT2D eigenvalue weighted by molar-refractivity contribution is 5.37. The molecule has 0 spiro atoms. The number of hydrogen-bond acceptors (Lipinski definition) is 4. The molecular formula is C20H29N3O2. The van der Waals surface area contributed by atoms with Gasteiger partial charge in [0.2, 0.25) is 0 Å². The van der Waals surface area contributed by atoms with Gasteiger partial charge in [-0.1, -0.05) is 12.1 Å². The minimum Gasteiger partial charge on any atom is -0.491 e. The first-order chi connectivity index (χ1) is 12.0. The highest BCUT2D eigenvalue weighted by atomic mass is 16.5. The Kier molecular flexibility index (Phi) is 5.76. The number of hydrogen-bond donors (Lipinski definition) is 1. The number of nitrogens with one attached hydrogen (secondary N) is 1. The van der Waals surface area contributed by atoms with Crippen LogP contribution in [0.5, 0.6) is 5.75 Å². The third-order valence-corrected chi connectivity index (χ3v) is 4.95. The lowest BCUT2D eigenvalue weighted by Gasteiger charge is -2.16. The number of aromatic nitrogens is 2. The summed E-state index contributed by atoms with van der Waals surface area (Å²) >= 11 is 0. The molecule has 0 aliphatic carbocycles. The Morgan fingerprint density at radius 2 is 2.12 bits per heavy atom. The molecule has 0 amide bonds. The zero-order valence-electron chi connectivity index (χ0n) is 15.8. The Labute approximate surface area is 150 Å². The Bertz CT molecular complexity index is 718. The number of nitrogens with zero attached hydrogens (tertiary/aromatic N) is 2. The molecule has 2 heterocycles. The van der Waals surface area contributed by atoms with Crippen LogP contribution in [-0.2, 0) is 24.9 Å². The van der Waals surface area contributed by atoms with Crippen molar-refractivity contribution in [2.45, 2.75) is 52.8 Å². The Morgan fingerprint density at radius 3 is 2.80 bits per heavy atom. The van der Waals surface area contributed by atoms with E-state index in [2.05, 4.69) is 49.4 Å². The van der Waals surface area contributed by atoms with Gasteiger partial charge in [0, 0.05) is 43.6 Å². The normalized spacial score (nSPS) is 17.2. The Morgan fingerprint density at radius 1 is 1.28 bits per heavy atom. The van der Waals surface area contributed by atoms with Gasteiger partial charge in [-0.15, -0.1) is 0 Å². The molecule has 1 atom stereocenters. The smallest absolute Gasteiger partial charge is 0.124 e. The lowest BCUT2D eigenvalue weighted by molar-refractivity contribution is 0.0675. The zero-order valence-corrected chi connectivity index (χ0v) is 15.8. The van der Waals surface area contributed by atoms with E-state index in [-0.39, 0.29) is 6.10 Å². The quantitative estimate of drug-likeness (QED) is 0.839. The van der Waals surface area contributed by atoms with Gasteiger partial charge in [0.05, 0.1) is 11.8 Å². The van der Waals surface area contributed by atoms with Gasteiger partial charge >= 0.3 is 0 Å². The lowest BCUT2D eigenvalue weighted by Crippen LogP contribution is -2.18. The minimum absolute atomic E-state index is 0.238. The van der Waals surface area contributed by atoms with Gasteiger partial charge in [-0.2, -0.15) is 5.10 Å². The Balaban J connectivity index is 1.61. The van der Waals surface area contributed by atoms with Gasteiger partial charge in [-0.05, 0) is 45.2 Å². The predicted octanol–water partition coefficient (Wildman–Crippen LogP) is 3.19. The van der Waals surface area contributed by atoms with Gasteiger partial charge in [-0.3, -0.25) is 4.68 Å². The standard InChI is InChI=1S/C20H29N3O2/c1-14-7-8-17(20(10-14)25-13-18-6-5-9-24-18)11-21-12-19-15(2)22-23(4)16(19)3/h7-8,10,18,21H,5-6,9,11-13H2,1-4H3/t18-/m0/s1. The molecule has 1 fully saturated rings. The zero-order chi connectivity index (χ0) is 17.8. The summed E-state index contributed by atoms with van der Waals surface area (Å²) in [6.45, 7) is 9.35. The maximum atomic E-state index is 6.07. The van der Waals surface area contributed by atoms with Crippen LogP contribution in [0.25, 0.3) is 0 Å². The van der Waals surface area contributed by atoms with Crippen molar-refractivity contribution in [2.75, 3.05) is 13.2 Å².